The van der Waals surface area contributed by atoms with Crippen LogP contribution in [0.2, 0.25) is 0 Å². The summed E-state index contributed by atoms with van der Waals surface area (Å²) < 4.78 is 1.88. The molecule has 3 rings (SSSR count). The molecule has 1 aromatic heterocycles. The van der Waals surface area contributed by atoms with E-state index in [1.165, 1.54) is 18.2 Å². The van der Waals surface area contributed by atoms with E-state index in [9.17, 15) is 20.2 Å². The molecule has 0 unspecified atom stereocenters. The molecule has 0 radical (unpaired) electrons. The topological polar surface area (TPSA) is 117 Å². The van der Waals surface area contributed by atoms with Crippen LogP contribution >= 0.6 is 0 Å². The summed E-state index contributed by atoms with van der Waals surface area (Å²) in [5.74, 6) is 0. The molecule has 1 heterocycles. The maximum atomic E-state index is 11.4. The molecule has 0 atom stereocenters. The molecule has 0 saturated heterocycles. The first-order valence-electron chi connectivity index (χ1n) is 6.59. The fraction of sp³-hybridized carbons (Fsp3) is 0.143. The number of nitrogen functional groups attached to an aromatic ring is 1. The Balaban J connectivity index is 2.59. The predicted molar refractivity (Wildman–Crippen MR) is 82.8 cm³/mol. The molecule has 8 heteroatoms. The fourth-order valence-electron chi connectivity index (χ4n) is 2.83. The number of non-ortho nitro benzene ring substituents is 1. The van der Waals surface area contributed by atoms with Gasteiger partial charge in [0.1, 0.15) is 5.69 Å². The van der Waals surface area contributed by atoms with Crippen molar-refractivity contribution in [1.29, 1.82) is 0 Å². The van der Waals surface area contributed by atoms with E-state index in [0.717, 1.165) is 0 Å². The molecule has 0 aliphatic carbocycles. The van der Waals surface area contributed by atoms with E-state index < -0.39 is 9.85 Å². The van der Waals surface area contributed by atoms with Gasteiger partial charge in [0.2, 0.25) is 0 Å². The van der Waals surface area contributed by atoms with Gasteiger partial charge in [-0.1, -0.05) is 0 Å². The van der Waals surface area contributed by atoms with Crippen LogP contribution in [0.1, 0.15) is 6.92 Å². The lowest BCUT2D eigenvalue weighted by atomic mass is 10.1. The van der Waals surface area contributed by atoms with Crippen LogP contribution in [0.5, 0.6) is 0 Å². The average molecular weight is 300 g/mol. The quantitative estimate of drug-likeness (QED) is 0.452. The molecule has 8 nitrogen and oxygen atoms in total. The van der Waals surface area contributed by atoms with E-state index >= 15 is 0 Å². The van der Waals surface area contributed by atoms with Crippen molar-refractivity contribution in [3.63, 3.8) is 0 Å². The zero-order valence-corrected chi connectivity index (χ0v) is 11.6. The highest BCUT2D eigenvalue weighted by molar-refractivity contribution is 6.15. The van der Waals surface area contributed by atoms with Crippen LogP contribution in [0.25, 0.3) is 21.8 Å². The van der Waals surface area contributed by atoms with E-state index in [2.05, 4.69) is 0 Å². The van der Waals surface area contributed by atoms with Crippen molar-refractivity contribution in [3.8, 4) is 0 Å². The van der Waals surface area contributed by atoms with Gasteiger partial charge in [-0.3, -0.25) is 20.2 Å². The van der Waals surface area contributed by atoms with Gasteiger partial charge < -0.3 is 10.3 Å². The Kier molecular flexibility index (Phi) is 2.94. The minimum atomic E-state index is -0.546. The molecule has 0 aliphatic heterocycles. The van der Waals surface area contributed by atoms with Crippen LogP contribution < -0.4 is 5.73 Å². The zero-order valence-electron chi connectivity index (χ0n) is 11.6. The first-order valence-corrected chi connectivity index (χ1v) is 6.59. The number of nitrogens with zero attached hydrogens (tertiary/aromatic N) is 3. The molecular weight excluding hydrogens is 288 g/mol. The lowest BCUT2D eigenvalue weighted by Crippen LogP contribution is -1.97. The number of anilines is 1. The van der Waals surface area contributed by atoms with Crippen molar-refractivity contribution in [2.75, 3.05) is 5.73 Å². The lowest BCUT2D eigenvalue weighted by Gasteiger charge is -2.03. The summed E-state index contributed by atoms with van der Waals surface area (Å²) in [6, 6.07) is 7.54. The van der Waals surface area contributed by atoms with Gasteiger partial charge in [0.05, 0.1) is 20.7 Å². The molecular formula is C14H12N4O4. The van der Waals surface area contributed by atoms with Crippen molar-refractivity contribution in [2.45, 2.75) is 13.5 Å². The van der Waals surface area contributed by atoms with E-state index in [-0.39, 0.29) is 17.1 Å². The third-order valence-corrected chi connectivity index (χ3v) is 3.73. The van der Waals surface area contributed by atoms with Crippen LogP contribution in [0, 0.1) is 20.2 Å². The summed E-state index contributed by atoms with van der Waals surface area (Å²) in [5.41, 5.74) is 6.80. The molecule has 0 amide bonds. The standard InChI is InChI=1S/C14H12N4O4/c1-2-16-11-5-3-8(17(19)20)7-9(11)13-12(16)6-4-10(15)14(13)18(21)22/h3-7H,2,15H2,1H3. The number of hydrogen-bond acceptors (Lipinski definition) is 5. The number of aromatic nitrogens is 1. The fourth-order valence-corrected chi connectivity index (χ4v) is 2.83. The molecule has 2 aromatic carbocycles. The van der Waals surface area contributed by atoms with Gasteiger partial charge in [0.25, 0.3) is 5.69 Å². The average Bonchev–Trinajstić information content (AvgIpc) is 2.79. The summed E-state index contributed by atoms with van der Waals surface area (Å²) in [6.45, 7) is 2.49. The van der Waals surface area contributed by atoms with E-state index in [0.29, 0.717) is 28.4 Å². The molecule has 0 saturated carbocycles. The summed E-state index contributed by atoms with van der Waals surface area (Å²) in [5, 5.41) is 23.2. The Morgan fingerprint density at radius 2 is 1.77 bits per heavy atom. The van der Waals surface area contributed by atoms with Gasteiger partial charge in [-0.25, -0.2) is 0 Å². The van der Waals surface area contributed by atoms with Crippen molar-refractivity contribution in [3.05, 3.63) is 50.6 Å². The Morgan fingerprint density at radius 1 is 1.09 bits per heavy atom. The highest BCUT2D eigenvalue weighted by Crippen LogP contribution is 2.40. The monoisotopic (exact) mass is 300 g/mol. The van der Waals surface area contributed by atoms with Crippen LogP contribution in [-0.4, -0.2) is 14.4 Å². The predicted octanol–water partition coefficient (Wildman–Crippen LogP) is 3.21. The molecule has 2 N–H and O–H groups in total. The van der Waals surface area contributed by atoms with Crippen molar-refractivity contribution in [2.24, 2.45) is 0 Å². The Bertz CT molecular complexity index is 945. The van der Waals surface area contributed by atoms with Gasteiger partial charge in [-0.05, 0) is 25.1 Å². The zero-order chi connectivity index (χ0) is 16.0. The summed E-state index contributed by atoms with van der Waals surface area (Å²) in [7, 11) is 0. The second-order valence-corrected chi connectivity index (χ2v) is 4.86. The molecule has 0 fully saturated rings. The minimum absolute atomic E-state index is 0.0409. The maximum absolute atomic E-state index is 11.4. The first kappa shape index (κ1) is 13.8. The molecule has 3 aromatic rings. The molecule has 112 valence electrons. The van der Waals surface area contributed by atoms with Crippen LogP contribution in [0.15, 0.2) is 30.3 Å². The largest absolute Gasteiger partial charge is 0.393 e. The van der Waals surface area contributed by atoms with Gasteiger partial charge >= 0.3 is 5.69 Å². The van der Waals surface area contributed by atoms with Gasteiger partial charge in [0.15, 0.2) is 0 Å². The van der Waals surface area contributed by atoms with Crippen molar-refractivity contribution >= 4 is 38.9 Å². The summed E-state index contributed by atoms with van der Waals surface area (Å²) in [4.78, 5) is 21.3. The highest BCUT2D eigenvalue weighted by atomic mass is 16.6. The normalized spacial score (nSPS) is 11.1. The molecule has 0 aliphatic rings. The number of rotatable bonds is 3. The van der Waals surface area contributed by atoms with E-state index in [4.69, 9.17) is 5.73 Å². The van der Waals surface area contributed by atoms with Gasteiger partial charge in [-0.15, -0.1) is 0 Å². The summed E-state index contributed by atoms with van der Waals surface area (Å²) >= 11 is 0. The van der Waals surface area contributed by atoms with Crippen molar-refractivity contribution in [1.82, 2.24) is 4.57 Å². The van der Waals surface area contributed by atoms with E-state index in [1.54, 1.807) is 12.1 Å². The minimum Gasteiger partial charge on any atom is -0.393 e. The molecule has 0 bridgehead atoms. The number of hydrogen-bond donors (Lipinski definition) is 1. The van der Waals surface area contributed by atoms with Gasteiger partial charge in [-0.2, -0.15) is 0 Å². The van der Waals surface area contributed by atoms with E-state index in [1.807, 2.05) is 11.5 Å². The summed E-state index contributed by atoms with van der Waals surface area (Å²) in [6.07, 6.45) is 0. The van der Waals surface area contributed by atoms with Crippen LogP contribution in [0.3, 0.4) is 0 Å². The van der Waals surface area contributed by atoms with Crippen molar-refractivity contribution < 1.29 is 9.85 Å². The molecule has 22 heavy (non-hydrogen) atoms. The number of benzene rings is 2. The number of nitro benzene ring substituents is 2. The Hall–Kier alpha value is -3.16. The smallest absolute Gasteiger partial charge is 0.302 e. The van der Waals surface area contributed by atoms with Gasteiger partial charge in [0, 0.05) is 29.6 Å². The second-order valence-electron chi connectivity index (χ2n) is 4.86. The highest BCUT2D eigenvalue weighted by Gasteiger charge is 2.24. The lowest BCUT2D eigenvalue weighted by molar-refractivity contribution is -0.384. The Labute approximate surface area is 124 Å². The SMILES string of the molecule is CCn1c2ccc([N+](=O)[O-])cc2c2c([N+](=O)[O-])c(N)ccc21. The number of nitro groups is 2. The number of nitrogens with two attached hydrogens (primary N) is 1. The third-order valence-electron chi connectivity index (χ3n) is 3.73. The third kappa shape index (κ3) is 1.77. The number of fused-ring (bicyclic) bond motifs is 3. The Morgan fingerprint density at radius 3 is 2.36 bits per heavy atom. The second kappa shape index (κ2) is 4.69. The first-order chi connectivity index (χ1) is 10.5. The van der Waals surface area contributed by atoms with Crippen LogP contribution in [0.4, 0.5) is 17.1 Å². The number of aryl methyl sites for hydroxylation is 1. The van der Waals surface area contributed by atoms with Crippen LogP contribution in [-0.2, 0) is 6.54 Å². The maximum Gasteiger partial charge on any atom is 0.302 e. The molecule has 0 spiro atoms.